The fourth-order valence-electron chi connectivity index (χ4n) is 1.62. The van der Waals surface area contributed by atoms with Gasteiger partial charge in [0.05, 0.1) is 7.11 Å². The van der Waals surface area contributed by atoms with Gasteiger partial charge in [0.2, 0.25) is 0 Å². The Labute approximate surface area is 101 Å². The van der Waals surface area contributed by atoms with Gasteiger partial charge in [0.25, 0.3) is 0 Å². The maximum absolute atomic E-state index is 6.04. The van der Waals surface area contributed by atoms with Crippen LogP contribution >= 0.6 is 0 Å². The number of methoxy groups -OCH3 is 1. The van der Waals surface area contributed by atoms with Crippen LogP contribution in [0.5, 0.6) is 5.75 Å². The van der Waals surface area contributed by atoms with E-state index in [0.717, 1.165) is 22.6 Å². The average molecular weight is 225 g/mol. The van der Waals surface area contributed by atoms with Crippen molar-refractivity contribution in [1.82, 2.24) is 0 Å². The van der Waals surface area contributed by atoms with E-state index < -0.39 is 0 Å². The Morgan fingerprint density at radius 3 is 2.53 bits per heavy atom. The molecular weight excluding hydrogens is 210 g/mol. The second-order valence-corrected chi connectivity index (χ2v) is 3.74. The first-order valence-electron chi connectivity index (χ1n) is 5.46. The summed E-state index contributed by atoms with van der Waals surface area (Å²) in [6, 6.07) is 17.7. The summed E-state index contributed by atoms with van der Waals surface area (Å²) in [5, 5.41) is 0. The molecule has 2 N–H and O–H groups in total. The van der Waals surface area contributed by atoms with Crippen LogP contribution in [0.1, 0.15) is 11.1 Å². The van der Waals surface area contributed by atoms with Crippen molar-refractivity contribution in [2.24, 2.45) is 5.73 Å². The predicted octanol–water partition coefficient (Wildman–Crippen LogP) is 3.15. The number of benzene rings is 2. The van der Waals surface area contributed by atoms with Crippen LogP contribution in [0, 0.1) is 0 Å². The van der Waals surface area contributed by atoms with E-state index in [1.54, 1.807) is 7.11 Å². The van der Waals surface area contributed by atoms with E-state index in [2.05, 4.69) is 0 Å². The maximum atomic E-state index is 6.04. The van der Waals surface area contributed by atoms with E-state index >= 15 is 0 Å². The molecule has 0 aliphatic carbocycles. The summed E-state index contributed by atoms with van der Waals surface area (Å²) in [7, 11) is 1.66. The highest BCUT2D eigenvalue weighted by Gasteiger charge is 1.97. The van der Waals surface area contributed by atoms with E-state index in [1.165, 1.54) is 0 Å². The Bertz CT molecular complexity index is 517. The van der Waals surface area contributed by atoms with Crippen molar-refractivity contribution < 1.29 is 4.74 Å². The third-order valence-corrected chi connectivity index (χ3v) is 2.52. The number of nitrogens with two attached hydrogens (primary N) is 1. The molecule has 2 rings (SSSR count). The Morgan fingerprint density at radius 1 is 1.06 bits per heavy atom. The molecule has 0 saturated heterocycles. The largest absolute Gasteiger partial charge is 0.497 e. The Morgan fingerprint density at radius 2 is 1.82 bits per heavy atom. The van der Waals surface area contributed by atoms with Gasteiger partial charge in [-0.1, -0.05) is 42.5 Å². The molecule has 0 radical (unpaired) electrons. The molecule has 2 aromatic carbocycles. The lowest BCUT2D eigenvalue weighted by molar-refractivity contribution is 0.414. The van der Waals surface area contributed by atoms with E-state index in [4.69, 9.17) is 10.5 Å². The van der Waals surface area contributed by atoms with Crippen LogP contribution < -0.4 is 10.5 Å². The Hall–Kier alpha value is -2.22. The molecule has 0 aliphatic heterocycles. The van der Waals surface area contributed by atoms with Crippen molar-refractivity contribution in [1.29, 1.82) is 0 Å². The normalized spacial score (nSPS) is 11.2. The molecule has 0 unspecified atom stereocenters. The fourth-order valence-corrected chi connectivity index (χ4v) is 1.62. The van der Waals surface area contributed by atoms with Crippen molar-refractivity contribution in [3.05, 3.63) is 65.7 Å². The zero-order valence-corrected chi connectivity index (χ0v) is 9.76. The summed E-state index contributed by atoms with van der Waals surface area (Å²) < 4.78 is 5.17. The standard InChI is InChI=1S/C15H15NO/c1-17-14-9-5-6-12(10-14)11-15(16)13-7-3-2-4-8-13/h2-11H,16H2,1H3. The fraction of sp³-hybridized carbons (Fsp3) is 0.0667. The smallest absolute Gasteiger partial charge is 0.119 e. The van der Waals surface area contributed by atoms with Gasteiger partial charge in [-0.25, -0.2) is 0 Å². The molecule has 2 aromatic rings. The summed E-state index contributed by atoms with van der Waals surface area (Å²) in [5.74, 6) is 0.833. The molecule has 0 saturated carbocycles. The lowest BCUT2D eigenvalue weighted by Gasteiger charge is -2.03. The number of hydrogen-bond acceptors (Lipinski definition) is 2. The Balaban J connectivity index is 2.29. The third kappa shape index (κ3) is 2.88. The zero-order chi connectivity index (χ0) is 12.1. The summed E-state index contributed by atoms with van der Waals surface area (Å²) in [4.78, 5) is 0. The van der Waals surface area contributed by atoms with E-state index in [0.29, 0.717) is 0 Å². The lowest BCUT2D eigenvalue weighted by Crippen LogP contribution is -1.95. The molecular formula is C15H15NO. The molecule has 0 spiro atoms. The van der Waals surface area contributed by atoms with Crippen LogP contribution in [-0.2, 0) is 0 Å². The highest BCUT2D eigenvalue weighted by molar-refractivity contribution is 5.79. The van der Waals surface area contributed by atoms with Crippen LogP contribution in [0.25, 0.3) is 11.8 Å². The second kappa shape index (κ2) is 5.21. The summed E-state index contributed by atoms with van der Waals surface area (Å²) >= 11 is 0. The molecule has 86 valence electrons. The third-order valence-electron chi connectivity index (χ3n) is 2.52. The van der Waals surface area contributed by atoms with E-state index in [9.17, 15) is 0 Å². The molecule has 0 atom stereocenters. The topological polar surface area (TPSA) is 35.2 Å². The van der Waals surface area contributed by atoms with Crippen LogP contribution in [0.4, 0.5) is 0 Å². The number of hydrogen-bond donors (Lipinski definition) is 1. The first-order chi connectivity index (χ1) is 8.29. The van der Waals surface area contributed by atoms with E-state index in [-0.39, 0.29) is 0 Å². The summed E-state index contributed by atoms with van der Waals surface area (Å²) in [6.07, 6.45) is 1.94. The molecule has 2 nitrogen and oxygen atoms in total. The SMILES string of the molecule is COc1cccc(C=C(N)c2ccccc2)c1. The second-order valence-electron chi connectivity index (χ2n) is 3.74. The molecule has 0 heterocycles. The average Bonchev–Trinajstić information content (AvgIpc) is 2.40. The van der Waals surface area contributed by atoms with Crippen LogP contribution in [-0.4, -0.2) is 7.11 Å². The van der Waals surface area contributed by atoms with Gasteiger partial charge < -0.3 is 10.5 Å². The molecule has 0 fully saturated rings. The Kier molecular flexibility index (Phi) is 3.46. The maximum Gasteiger partial charge on any atom is 0.119 e. The molecule has 0 aliphatic rings. The van der Waals surface area contributed by atoms with Crippen LogP contribution in [0.2, 0.25) is 0 Å². The van der Waals surface area contributed by atoms with Crippen molar-refractivity contribution in [2.75, 3.05) is 7.11 Å². The molecule has 17 heavy (non-hydrogen) atoms. The number of rotatable bonds is 3. The van der Waals surface area contributed by atoms with Gasteiger partial charge >= 0.3 is 0 Å². The van der Waals surface area contributed by atoms with Gasteiger partial charge in [-0.15, -0.1) is 0 Å². The van der Waals surface area contributed by atoms with Gasteiger partial charge in [-0.05, 0) is 29.3 Å². The summed E-state index contributed by atoms with van der Waals surface area (Å²) in [5.41, 5.74) is 8.84. The van der Waals surface area contributed by atoms with Gasteiger partial charge in [0.15, 0.2) is 0 Å². The molecule has 0 aromatic heterocycles. The van der Waals surface area contributed by atoms with E-state index in [1.807, 2.05) is 60.7 Å². The molecule has 2 heteroatoms. The van der Waals surface area contributed by atoms with Gasteiger partial charge in [-0.2, -0.15) is 0 Å². The minimum atomic E-state index is 0.749. The van der Waals surface area contributed by atoms with Crippen LogP contribution in [0.15, 0.2) is 54.6 Å². The first-order valence-corrected chi connectivity index (χ1v) is 5.46. The van der Waals surface area contributed by atoms with Gasteiger partial charge in [-0.3, -0.25) is 0 Å². The molecule has 0 bridgehead atoms. The van der Waals surface area contributed by atoms with Crippen LogP contribution in [0.3, 0.4) is 0 Å². The zero-order valence-electron chi connectivity index (χ0n) is 9.76. The minimum absolute atomic E-state index is 0.749. The quantitative estimate of drug-likeness (QED) is 0.814. The predicted molar refractivity (Wildman–Crippen MR) is 71.5 cm³/mol. The van der Waals surface area contributed by atoms with Gasteiger partial charge in [0, 0.05) is 5.70 Å². The number of ether oxygens (including phenoxy) is 1. The first kappa shape index (κ1) is 11.3. The van der Waals surface area contributed by atoms with Crippen molar-refractivity contribution in [2.45, 2.75) is 0 Å². The van der Waals surface area contributed by atoms with Crippen molar-refractivity contribution >= 4 is 11.8 Å². The highest BCUT2D eigenvalue weighted by atomic mass is 16.5. The molecule has 0 amide bonds. The minimum Gasteiger partial charge on any atom is -0.497 e. The van der Waals surface area contributed by atoms with Crippen molar-refractivity contribution in [3.63, 3.8) is 0 Å². The van der Waals surface area contributed by atoms with Crippen molar-refractivity contribution in [3.8, 4) is 5.75 Å². The monoisotopic (exact) mass is 225 g/mol. The lowest BCUT2D eigenvalue weighted by atomic mass is 10.1. The summed E-state index contributed by atoms with van der Waals surface area (Å²) in [6.45, 7) is 0. The van der Waals surface area contributed by atoms with Gasteiger partial charge in [0.1, 0.15) is 5.75 Å². The highest BCUT2D eigenvalue weighted by Crippen LogP contribution is 2.17.